The molecule has 2 amide bonds. The van der Waals surface area contributed by atoms with Gasteiger partial charge >= 0.3 is 6.03 Å². The zero-order chi connectivity index (χ0) is 10.6. The Balaban J connectivity index is 2.65. The topological polar surface area (TPSA) is 67.1 Å². The van der Waals surface area contributed by atoms with Crippen LogP contribution in [-0.2, 0) is 0 Å². The number of carbonyl (C=O) groups excluding carboxylic acids is 1. The quantitative estimate of drug-likeness (QED) is 0.643. The van der Waals surface area contributed by atoms with Crippen LogP contribution < -0.4 is 16.4 Å². The molecule has 1 aromatic carbocycles. The highest BCUT2D eigenvalue weighted by molar-refractivity contribution is 7.80. The van der Waals surface area contributed by atoms with Gasteiger partial charge in [-0.25, -0.2) is 4.79 Å². The molecule has 0 heterocycles. The van der Waals surface area contributed by atoms with Crippen LogP contribution in [0.25, 0.3) is 0 Å². The predicted octanol–water partition coefficient (Wildman–Crippen LogP) is 1.71. The van der Waals surface area contributed by atoms with Gasteiger partial charge in [0.15, 0.2) is 5.11 Å². The summed E-state index contributed by atoms with van der Waals surface area (Å²) in [6, 6.07) is 6.34. The molecule has 4 N–H and O–H groups in total. The summed E-state index contributed by atoms with van der Waals surface area (Å²) in [4.78, 5) is 11.1. The fourth-order valence-electron chi connectivity index (χ4n) is 0.828. The number of amides is 2. The molecule has 14 heavy (non-hydrogen) atoms. The lowest BCUT2D eigenvalue weighted by molar-refractivity contribution is 0.256. The molecular weight excluding hydrogens is 222 g/mol. The van der Waals surface area contributed by atoms with Crippen molar-refractivity contribution >= 4 is 40.6 Å². The third-order valence-electron chi connectivity index (χ3n) is 1.36. The largest absolute Gasteiger partial charge is 0.376 e. The van der Waals surface area contributed by atoms with E-state index in [0.29, 0.717) is 10.7 Å². The first-order valence-corrected chi connectivity index (χ1v) is 4.50. The number of nitrogens with one attached hydrogen (secondary N) is 2. The Bertz CT molecular complexity index is 369. The van der Waals surface area contributed by atoms with Crippen molar-refractivity contribution in [1.29, 1.82) is 0 Å². The van der Waals surface area contributed by atoms with Crippen molar-refractivity contribution < 1.29 is 4.79 Å². The lowest BCUT2D eigenvalue weighted by Crippen LogP contribution is -2.37. The number of anilines is 1. The van der Waals surface area contributed by atoms with Gasteiger partial charge in [-0.3, -0.25) is 5.32 Å². The smallest absolute Gasteiger partial charge is 0.325 e. The first kappa shape index (κ1) is 10.7. The van der Waals surface area contributed by atoms with Gasteiger partial charge in [0.1, 0.15) is 0 Å². The van der Waals surface area contributed by atoms with E-state index in [2.05, 4.69) is 22.9 Å². The Morgan fingerprint density at radius 3 is 2.64 bits per heavy atom. The monoisotopic (exact) mass is 229 g/mol. The number of urea groups is 1. The summed E-state index contributed by atoms with van der Waals surface area (Å²) in [6.07, 6.45) is 0. The van der Waals surface area contributed by atoms with Gasteiger partial charge in [0.2, 0.25) is 0 Å². The third kappa shape index (κ3) is 3.20. The number of thiocarbonyl (C=S) groups is 1. The highest BCUT2D eigenvalue weighted by Gasteiger charge is 2.04. The number of benzene rings is 1. The molecule has 0 aliphatic rings. The van der Waals surface area contributed by atoms with Crippen LogP contribution in [0.3, 0.4) is 0 Å². The second-order valence-electron chi connectivity index (χ2n) is 2.42. The molecule has 0 aliphatic heterocycles. The average molecular weight is 230 g/mol. The van der Waals surface area contributed by atoms with Crippen molar-refractivity contribution in [3.8, 4) is 0 Å². The summed E-state index contributed by atoms with van der Waals surface area (Å²) in [5.41, 5.74) is 5.61. The van der Waals surface area contributed by atoms with E-state index in [0.717, 1.165) is 0 Å². The Morgan fingerprint density at radius 2 is 2.07 bits per heavy atom. The Morgan fingerprint density at radius 1 is 1.43 bits per heavy atom. The van der Waals surface area contributed by atoms with Gasteiger partial charge in [0.25, 0.3) is 0 Å². The van der Waals surface area contributed by atoms with Gasteiger partial charge < -0.3 is 11.1 Å². The van der Waals surface area contributed by atoms with E-state index in [-0.39, 0.29) is 5.11 Å². The molecule has 4 nitrogen and oxygen atoms in total. The molecule has 0 fully saturated rings. The molecule has 0 bridgehead atoms. The van der Waals surface area contributed by atoms with Crippen LogP contribution in [0.1, 0.15) is 0 Å². The number of para-hydroxylation sites is 1. The maximum atomic E-state index is 11.1. The number of nitrogens with two attached hydrogens (primary N) is 1. The molecule has 0 saturated carbocycles. The van der Waals surface area contributed by atoms with Crippen LogP contribution in [0.2, 0.25) is 5.02 Å². The second-order valence-corrected chi connectivity index (χ2v) is 3.27. The van der Waals surface area contributed by atoms with Crippen LogP contribution in [0, 0.1) is 0 Å². The molecule has 1 aromatic rings. The lowest BCUT2D eigenvalue weighted by Gasteiger charge is -2.06. The molecule has 0 aliphatic carbocycles. The Labute approximate surface area is 91.4 Å². The number of rotatable bonds is 1. The van der Waals surface area contributed by atoms with E-state index in [4.69, 9.17) is 17.3 Å². The van der Waals surface area contributed by atoms with E-state index >= 15 is 0 Å². The summed E-state index contributed by atoms with van der Waals surface area (Å²) < 4.78 is 0. The normalized spacial score (nSPS) is 9.21. The highest BCUT2D eigenvalue weighted by Crippen LogP contribution is 2.19. The molecule has 6 heteroatoms. The zero-order valence-electron chi connectivity index (χ0n) is 7.08. The first-order chi connectivity index (χ1) is 6.59. The van der Waals surface area contributed by atoms with E-state index in [1.54, 1.807) is 24.3 Å². The molecule has 0 unspecified atom stereocenters. The van der Waals surface area contributed by atoms with E-state index < -0.39 is 6.03 Å². The van der Waals surface area contributed by atoms with Crippen molar-refractivity contribution in [3.63, 3.8) is 0 Å². The van der Waals surface area contributed by atoms with Gasteiger partial charge in [-0.15, -0.1) is 0 Å². The van der Waals surface area contributed by atoms with Crippen molar-refractivity contribution in [2.45, 2.75) is 0 Å². The maximum Gasteiger partial charge on any atom is 0.325 e. The number of hydrogen-bond donors (Lipinski definition) is 3. The second kappa shape index (κ2) is 4.78. The van der Waals surface area contributed by atoms with E-state index in [1.165, 1.54) is 0 Å². The van der Waals surface area contributed by atoms with Gasteiger partial charge in [-0.05, 0) is 24.4 Å². The Kier molecular flexibility index (Phi) is 3.67. The minimum Gasteiger partial charge on any atom is -0.376 e. The SMILES string of the molecule is NC(=S)NC(=O)Nc1ccccc1Cl. The van der Waals surface area contributed by atoms with Crippen molar-refractivity contribution in [2.75, 3.05) is 5.32 Å². The molecule has 74 valence electrons. The summed E-state index contributed by atoms with van der Waals surface area (Å²) in [6.45, 7) is 0. The summed E-state index contributed by atoms with van der Waals surface area (Å²) >= 11 is 10.3. The van der Waals surface area contributed by atoms with Crippen molar-refractivity contribution in [2.24, 2.45) is 5.73 Å². The number of halogens is 1. The average Bonchev–Trinajstić information content (AvgIpc) is 2.07. The molecule has 1 rings (SSSR count). The van der Waals surface area contributed by atoms with Crippen molar-refractivity contribution in [1.82, 2.24) is 5.32 Å². The first-order valence-electron chi connectivity index (χ1n) is 3.71. The van der Waals surface area contributed by atoms with E-state index in [9.17, 15) is 4.79 Å². The maximum absolute atomic E-state index is 11.1. The van der Waals surface area contributed by atoms with Gasteiger partial charge in [0.05, 0.1) is 10.7 Å². The number of carbonyl (C=O) groups is 1. The highest BCUT2D eigenvalue weighted by atomic mass is 35.5. The van der Waals surface area contributed by atoms with Crippen LogP contribution in [0.15, 0.2) is 24.3 Å². The van der Waals surface area contributed by atoms with Gasteiger partial charge in [-0.1, -0.05) is 23.7 Å². The van der Waals surface area contributed by atoms with Crippen LogP contribution in [-0.4, -0.2) is 11.1 Å². The van der Waals surface area contributed by atoms with Crippen molar-refractivity contribution in [3.05, 3.63) is 29.3 Å². The fourth-order valence-corrected chi connectivity index (χ4v) is 1.10. The van der Waals surface area contributed by atoms with Crippen LogP contribution in [0.5, 0.6) is 0 Å². The molecule has 0 saturated heterocycles. The minimum atomic E-state index is -0.509. The fraction of sp³-hybridized carbons (Fsp3) is 0. The van der Waals surface area contributed by atoms with Gasteiger partial charge in [-0.2, -0.15) is 0 Å². The lowest BCUT2D eigenvalue weighted by atomic mass is 10.3. The minimum absolute atomic E-state index is 0.0884. The summed E-state index contributed by atoms with van der Waals surface area (Å²) in [5.74, 6) is 0. The van der Waals surface area contributed by atoms with Gasteiger partial charge in [0, 0.05) is 0 Å². The molecule has 0 radical (unpaired) electrons. The van der Waals surface area contributed by atoms with Crippen LogP contribution >= 0.6 is 23.8 Å². The Hall–Kier alpha value is -1.33. The molecule has 0 aromatic heterocycles. The summed E-state index contributed by atoms with van der Waals surface area (Å²) in [7, 11) is 0. The van der Waals surface area contributed by atoms with Crippen LogP contribution in [0.4, 0.5) is 10.5 Å². The molecule has 0 atom stereocenters. The molecule has 0 spiro atoms. The third-order valence-corrected chi connectivity index (χ3v) is 1.79. The van der Waals surface area contributed by atoms with E-state index in [1.807, 2.05) is 0 Å². The number of hydrogen-bond acceptors (Lipinski definition) is 2. The summed E-state index contributed by atoms with van der Waals surface area (Å²) in [5, 5.41) is 5.07. The predicted molar refractivity (Wildman–Crippen MR) is 60.4 cm³/mol. The standard InChI is InChI=1S/C8H8ClN3OS/c9-5-3-1-2-4-6(5)11-8(13)12-7(10)14/h1-4H,(H4,10,11,12,13,14). The zero-order valence-corrected chi connectivity index (χ0v) is 8.65. The molecular formula is C8H8ClN3OS.